The van der Waals surface area contributed by atoms with Crippen LogP contribution in [0.1, 0.15) is 12.8 Å². The van der Waals surface area contributed by atoms with E-state index in [9.17, 15) is 4.79 Å². The van der Waals surface area contributed by atoms with Gasteiger partial charge in [0.25, 0.3) is 0 Å². The van der Waals surface area contributed by atoms with Crippen molar-refractivity contribution in [3.05, 3.63) is 0 Å². The quantitative estimate of drug-likeness (QED) is 0.468. The van der Waals surface area contributed by atoms with Crippen LogP contribution >= 0.6 is 23.2 Å². The second-order valence-corrected chi connectivity index (χ2v) is 4.81. The zero-order valence-corrected chi connectivity index (χ0v) is 6.90. The third-order valence-electron chi connectivity index (χ3n) is 2.46. The van der Waals surface area contributed by atoms with Gasteiger partial charge in [-0.25, -0.2) is 0 Å². The normalized spacial score (nSPS) is 48.4. The predicted octanol–water partition coefficient (Wildman–Crippen LogP) is 2.02. The highest BCUT2D eigenvalue weighted by Gasteiger charge is 2.61. The van der Waals surface area contributed by atoms with Crippen LogP contribution < -0.4 is 0 Å². The van der Waals surface area contributed by atoms with Gasteiger partial charge in [0.15, 0.2) is 0 Å². The lowest BCUT2D eigenvalue weighted by Gasteiger charge is -1.93. The van der Waals surface area contributed by atoms with Gasteiger partial charge in [0.2, 0.25) is 0 Å². The second kappa shape index (κ2) is 1.89. The Kier molecular flexibility index (Phi) is 1.31. The Hall–Kier alpha value is 0.250. The molecule has 0 aromatic carbocycles. The predicted molar refractivity (Wildman–Crippen MR) is 40.2 cm³/mol. The van der Waals surface area contributed by atoms with E-state index >= 15 is 0 Å². The number of alkyl halides is 2. The first-order valence-corrected chi connectivity index (χ1v) is 4.24. The molecule has 0 saturated heterocycles. The van der Waals surface area contributed by atoms with Crippen molar-refractivity contribution < 1.29 is 4.79 Å². The molecule has 0 heterocycles. The zero-order valence-electron chi connectivity index (χ0n) is 5.39. The van der Waals surface area contributed by atoms with E-state index < -0.39 is 4.33 Å². The van der Waals surface area contributed by atoms with Crippen LogP contribution in [0.2, 0.25) is 0 Å². The van der Waals surface area contributed by atoms with Crippen LogP contribution in [0.25, 0.3) is 0 Å². The fourth-order valence-corrected chi connectivity index (χ4v) is 2.21. The highest BCUT2D eigenvalue weighted by molar-refractivity contribution is 6.50. The van der Waals surface area contributed by atoms with Crippen molar-refractivity contribution in [3.8, 4) is 0 Å². The molecule has 0 N–H and O–H groups in total. The fraction of sp³-hybridized carbons (Fsp3) is 0.857. The van der Waals surface area contributed by atoms with Gasteiger partial charge in [-0.3, -0.25) is 0 Å². The molecule has 2 aliphatic carbocycles. The largest absolute Gasteiger partial charge is 0.303 e. The minimum absolute atomic E-state index is 0.268. The zero-order chi connectivity index (χ0) is 7.35. The van der Waals surface area contributed by atoms with Crippen LogP contribution in [0.4, 0.5) is 0 Å². The molecule has 56 valence electrons. The highest BCUT2D eigenvalue weighted by Crippen LogP contribution is 2.64. The molecule has 0 radical (unpaired) electrons. The summed E-state index contributed by atoms with van der Waals surface area (Å²) >= 11 is 11.6. The average molecular weight is 179 g/mol. The van der Waals surface area contributed by atoms with Crippen LogP contribution in [-0.4, -0.2) is 10.6 Å². The topological polar surface area (TPSA) is 17.1 Å². The molecule has 2 aliphatic rings. The molecule has 2 fully saturated rings. The summed E-state index contributed by atoms with van der Waals surface area (Å²) in [5.74, 6) is 1.18. The van der Waals surface area contributed by atoms with Crippen LogP contribution in [0.5, 0.6) is 0 Å². The Morgan fingerprint density at radius 2 is 2.10 bits per heavy atom. The van der Waals surface area contributed by atoms with Crippen LogP contribution in [0, 0.1) is 17.8 Å². The Morgan fingerprint density at radius 3 is 2.40 bits per heavy atom. The molecule has 2 saturated carbocycles. The highest BCUT2D eigenvalue weighted by atomic mass is 35.5. The Labute approximate surface area is 69.7 Å². The average Bonchev–Trinajstić information content (AvgIpc) is 2.66. The SMILES string of the molecule is O=CC1CC1C1CC1(Cl)Cl. The summed E-state index contributed by atoms with van der Waals surface area (Å²) in [6, 6.07) is 0. The van der Waals surface area contributed by atoms with Crippen molar-refractivity contribution in [1.29, 1.82) is 0 Å². The maximum absolute atomic E-state index is 10.2. The fourth-order valence-electron chi connectivity index (χ4n) is 1.55. The van der Waals surface area contributed by atoms with Crippen molar-refractivity contribution in [2.24, 2.45) is 17.8 Å². The van der Waals surface area contributed by atoms with E-state index in [1.807, 2.05) is 0 Å². The summed E-state index contributed by atoms with van der Waals surface area (Å²) in [5, 5.41) is 0. The number of hydrogen-bond donors (Lipinski definition) is 0. The van der Waals surface area contributed by atoms with Gasteiger partial charge < -0.3 is 4.79 Å². The molecular weight excluding hydrogens is 171 g/mol. The third kappa shape index (κ3) is 0.960. The minimum Gasteiger partial charge on any atom is -0.303 e. The first-order valence-electron chi connectivity index (χ1n) is 3.48. The maximum atomic E-state index is 10.2. The van der Waals surface area contributed by atoms with Crippen molar-refractivity contribution in [2.75, 3.05) is 0 Å². The molecule has 10 heavy (non-hydrogen) atoms. The second-order valence-electron chi connectivity index (χ2n) is 3.27. The smallest absolute Gasteiger partial charge is 0.123 e. The summed E-state index contributed by atoms with van der Waals surface area (Å²) < 4.78 is -0.484. The van der Waals surface area contributed by atoms with E-state index in [1.165, 1.54) is 0 Å². The molecule has 0 aromatic heterocycles. The van der Waals surface area contributed by atoms with E-state index in [4.69, 9.17) is 23.2 Å². The van der Waals surface area contributed by atoms with Crippen molar-refractivity contribution in [2.45, 2.75) is 17.2 Å². The number of aldehydes is 1. The molecule has 0 amide bonds. The number of carbonyl (C=O) groups excluding carboxylic acids is 1. The van der Waals surface area contributed by atoms with Gasteiger partial charge in [0.05, 0.1) is 0 Å². The lowest BCUT2D eigenvalue weighted by atomic mass is 10.2. The van der Waals surface area contributed by atoms with Crippen molar-refractivity contribution >= 4 is 29.5 Å². The number of carbonyl (C=O) groups is 1. The Balaban J connectivity index is 1.90. The monoisotopic (exact) mass is 178 g/mol. The van der Waals surface area contributed by atoms with Gasteiger partial charge in [-0.2, -0.15) is 0 Å². The number of hydrogen-bond acceptors (Lipinski definition) is 1. The molecule has 0 aliphatic heterocycles. The van der Waals surface area contributed by atoms with Gasteiger partial charge in [0, 0.05) is 5.92 Å². The van der Waals surface area contributed by atoms with Gasteiger partial charge >= 0.3 is 0 Å². The lowest BCUT2D eigenvalue weighted by Crippen LogP contribution is -1.94. The molecular formula is C7H8Cl2O. The summed E-state index contributed by atoms with van der Waals surface area (Å²) in [6.07, 6.45) is 2.91. The van der Waals surface area contributed by atoms with Gasteiger partial charge in [-0.1, -0.05) is 0 Å². The van der Waals surface area contributed by atoms with Gasteiger partial charge in [0.1, 0.15) is 10.6 Å². The summed E-state index contributed by atoms with van der Waals surface area (Å²) in [7, 11) is 0. The lowest BCUT2D eigenvalue weighted by molar-refractivity contribution is -0.109. The van der Waals surface area contributed by atoms with E-state index in [2.05, 4.69) is 0 Å². The van der Waals surface area contributed by atoms with Gasteiger partial charge in [-0.15, -0.1) is 23.2 Å². The van der Waals surface area contributed by atoms with Crippen LogP contribution in [-0.2, 0) is 4.79 Å². The molecule has 0 spiro atoms. The number of rotatable bonds is 2. The molecule has 3 heteroatoms. The molecule has 2 rings (SSSR count). The molecule has 3 atom stereocenters. The van der Waals surface area contributed by atoms with E-state index in [-0.39, 0.29) is 5.92 Å². The van der Waals surface area contributed by atoms with Gasteiger partial charge in [-0.05, 0) is 24.7 Å². The molecule has 0 bridgehead atoms. The van der Waals surface area contributed by atoms with E-state index in [1.54, 1.807) is 0 Å². The molecule has 0 aromatic rings. The standard InChI is InChI=1S/C7H8Cl2O/c8-7(9)2-6(7)5-1-4(5)3-10/h3-6H,1-2H2. The summed E-state index contributed by atoms with van der Waals surface area (Å²) in [5.41, 5.74) is 0. The third-order valence-corrected chi connectivity index (χ3v) is 3.33. The first-order chi connectivity index (χ1) is 4.65. The number of halogens is 2. The Morgan fingerprint density at radius 1 is 1.50 bits per heavy atom. The minimum atomic E-state index is -0.484. The van der Waals surface area contributed by atoms with Crippen molar-refractivity contribution in [1.82, 2.24) is 0 Å². The Bertz CT molecular complexity index is 178. The summed E-state index contributed by atoms with van der Waals surface area (Å²) in [4.78, 5) is 10.2. The van der Waals surface area contributed by atoms with E-state index in [0.29, 0.717) is 11.8 Å². The molecule has 3 unspecified atom stereocenters. The van der Waals surface area contributed by atoms with E-state index in [0.717, 1.165) is 19.1 Å². The van der Waals surface area contributed by atoms with Crippen LogP contribution in [0.15, 0.2) is 0 Å². The molecule has 1 nitrogen and oxygen atoms in total. The van der Waals surface area contributed by atoms with Crippen molar-refractivity contribution in [3.63, 3.8) is 0 Å². The van der Waals surface area contributed by atoms with Crippen LogP contribution in [0.3, 0.4) is 0 Å². The first kappa shape index (κ1) is 6.93. The summed E-state index contributed by atoms with van der Waals surface area (Å²) in [6.45, 7) is 0. The maximum Gasteiger partial charge on any atom is 0.123 e.